The molecule has 0 radical (unpaired) electrons. The van der Waals surface area contributed by atoms with Crippen LogP contribution in [-0.2, 0) is 32.7 Å². The van der Waals surface area contributed by atoms with Crippen molar-refractivity contribution in [1.82, 2.24) is 24.0 Å². The fraction of sp³-hybridized carbons (Fsp3) is 0.448. The first-order chi connectivity index (χ1) is 17.9. The molecular weight excluding hydrogens is 507 g/mol. The highest BCUT2D eigenvalue weighted by Crippen LogP contribution is 2.45. The molecule has 0 N–H and O–H groups in total. The Balaban J connectivity index is 1.47. The minimum Gasteiger partial charge on any atom is -0.321 e. The number of rotatable bonds is 9. The van der Waals surface area contributed by atoms with Crippen LogP contribution in [0.1, 0.15) is 56.1 Å². The zero-order valence-corrected chi connectivity index (χ0v) is 23.4. The molecule has 0 unspecified atom stereocenters. The zero-order valence-electron chi connectivity index (χ0n) is 22.6. The maximum Gasteiger partial charge on any atom is 0.416 e. The van der Waals surface area contributed by atoms with Crippen LogP contribution in [0, 0.1) is 5.41 Å². The Morgan fingerprint density at radius 2 is 2.00 bits per heavy atom. The highest BCUT2D eigenvalue weighted by Gasteiger charge is 2.38. The van der Waals surface area contributed by atoms with Gasteiger partial charge in [-0.1, -0.05) is 44.2 Å². The number of allylic oxidation sites excluding steroid dienone is 4. The van der Waals surface area contributed by atoms with E-state index < -0.39 is 11.7 Å². The molecule has 2 aliphatic heterocycles. The lowest BCUT2D eigenvalue weighted by Gasteiger charge is -2.26. The van der Waals surface area contributed by atoms with E-state index in [-0.39, 0.29) is 12.0 Å². The second-order valence-electron chi connectivity index (χ2n) is 10.9. The van der Waals surface area contributed by atoms with Crippen molar-refractivity contribution in [3.63, 3.8) is 0 Å². The van der Waals surface area contributed by atoms with Gasteiger partial charge in [0, 0.05) is 49.3 Å². The summed E-state index contributed by atoms with van der Waals surface area (Å²) in [5.74, 6) is 0.934. The number of nitrogens with zero attached hydrogens (tertiary/aromatic N) is 5. The number of hydrogen-bond donors (Lipinski definition) is 0. The fourth-order valence-corrected chi connectivity index (χ4v) is 6.05. The number of hydrogen-bond acceptors (Lipinski definition) is 5. The minimum absolute atomic E-state index is 0.0151. The van der Waals surface area contributed by atoms with Crippen molar-refractivity contribution in [2.24, 2.45) is 12.5 Å². The Bertz CT molecular complexity index is 1260. The lowest BCUT2D eigenvalue weighted by atomic mass is 9.85. The summed E-state index contributed by atoms with van der Waals surface area (Å²) >= 11 is 1.36. The van der Waals surface area contributed by atoms with Gasteiger partial charge in [0.25, 0.3) is 0 Å². The Morgan fingerprint density at radius 3 is 2.66 bits per heavy atom. The molecule has 9 heteroatoms. The molecule has 0 atom stereocenters. The maximum absolute atomic E-state index is 14.1. The van der Waals surface area contributed by atoms with Gasteiger partial charge in [0.2, 0.25) is 0 Å². The van der Waals surface area contributed by atoms with Crippen LogP contribution in [0.25, 0.3) is 0 Å². The molecule has 0 aliphatic carbocycles. The van der Waals surface area contributed by atoms with Crippen molar-refractivity contribution >= 4 is 11.9 Å². The van der Waals surface area contributed by atoms with Crippen LogP contribution in [0.3, 0.4) is 0 Å². The van der Waals surface area contributed by atoms with Crippen LogP contribution in [-0.4, -0.2) is 37.1 Å². The van der Waals surface area contributed by atoms with Gasteiger partial charge in [0.15, 0.2) is 0 Å². The van der Waals surface area contributed by atoms with E-state index in [0.29, 0.717) is 22.6 Å². The predicted octanol–water partition coefficient (Wildman–Crippen LogP) is 7.09. The maximum atomic E-state index is 14.1. The van der Waals surface area contributed by atoms with Crippen LogP contribution in [0.5, 0.6) is 0 Å². The molecule has 0 bridgehead atoms. The smallest absolute Gasteiger partial charge is 0.321 e. The van der Waals surface area contributed by atoms with E-state index in [9.17, 15) is 13.2 Å². The Labute approximate surface area is 227 Å². The van der Waals surface area contributed by atoms with E-state index in [2.05, 4.69) is 54.6 Å². The van der Waals surface area contributed by atoms with Crippen LogP contribution >= 0.6 is 11.9 Å². The van der Waals surface area contributed by atoms with E-state index >= 15 is 0 Å². The summed E-state index contributed by atoms with van der Waals surface area (Å²) in [6, 6.07) is 3.27. The molecule has 2 aliphatic rings. The second kappa shape index (κ2) is 11.5. The summed E-state index contributed by atoms with van der Waals surface area (Å²) in [4.78, 5) is 2.88. The summed E-state index contributed by atoms with van der Waals surface area (Å²) in [7, 11) is 1.94. The van der Waals surface area contributed by atoms with Gasteiger partial charge in [-0.25, -0.2) is 0 Å². The molecule has 0 fully saturated rings. The zero-order chi connectivity index (χ0) is 27.5. The van der Waals surface area contributed by atoms with E-state index in [1.165, 1.54) is 23.6 Å². The summed E-state index contributed by atoms with van der Waals surface area (Å²) < 4.78 is 46.1. The number of alkyl halides is 3. The van der Waals surface area contributed by atoms with Gasteiger partial charge in [-0.3, -0.25) is 4.90 Å². The lowest BCUT2D eigenvalue weighted by Crippen LogP contribution is -2.29. The van der Waals surface area contributed by atoms with Gasteiger partial charge in [-0.15, -0.1) is 10.2 Å². The van der Waals surface area contributed by atoms with Crippen molar-refractivity contribution in [2.45, 2.75) is 64.2 Å². The molecule has 2 aromatic rings. The highest BCUT2D eigenvalue weighted by molar-refractivity contribution is 7.97. The normalized spacial score (nSPS) is 17.3. The highest BCUT2D eigenvalue weighted by atomic mass is 32.2. The van der Waals surface area contributed by atoms with Gasteiger partial charge < -0.3 is 8.87 Å². The van der Waals surface area contributed by atoms with Crippen molar-refractivity contribution in [3.8, 4) is 0 Å². The summed E-state index contributed by atoms with van der Waals surface area (Å²) in [6.07, 6.45) is 9.70. The average molecular weight is 544 g/mol. The SMILES string of the molecule is C=C/C(=C\C=C/CC(C)(C)Cc1nncn1C)N1Cc2c(cc(CN3CCC=C(C)C3)cc2C(F)(F)F)S1. The first kappa shape index (κ1) is 28.2. The number of halogens is 3. The van der Waals surface area contributed by atoms with Gasteiger partial charge in [-0.2, -0.15) is 13.2 Å². The lowest BCUT2D eigenvalue weighted by molar-refractivity contribution is -0.138. The Morgan fingerprint density at radius 1 is 1.21 bits per heavy atom. The Kier molecular flexibility index (Phi) is 8.57. The molecular formula is C29H36F3N5S. The fourth-order valence-electron chi connectivity index (χ4n) is 4.89. The van der Waals surface area contributed by atoms with E-state index in [0.717, 1.165) is 43.9 Å². The van der Waals surface area contributed by atoms with Crippen LogP contribution in [0.2, 0.25) is 0 Å². The predicted molar refractivity (Wildman–Crippen MR) is 147 cm³/mol. The van der Waals surface area contributed by atoms with Crippen molar-refractivity contribution < 1.29 is 13.2 Å². The topological polar surface area (TPSA) is 37.2 Å². The first-order valence-corrected chi connectivity index (χ1v) is 13.6. The summed E-state index contributed by atoms with van der Waals surface area (Å²) in [6.45, 7) is 12.7. The molecule has 4 rings (SSSR count). The molecule has 204 valence electrons. The molecule has 1 aromatic carbocycles. The number of aryl methyl sites for hydroxylation is 1. The molecule has 0 spiro atoms. The third-order valence-electron chi connectivity index (χ3n) is 6.91. The van der Waals surface area contributed by atoms with E-state index in [1.54, 1.807) is 12.4 Å². The van der Waals surface area contributed by atoms with Crippen LogP contribution < -0.4 is 0 Å². The van der Waals surface area contributed by atoms with E-state index in [1.807, 2.05) is 34.1 Å². The quantitative estimate of drug-likeness (QED) is 0.192. The van der Waals surface area contributed by atoms with E-state index in [4.69, 9.17) is 0 Å². The van der Waals surface area contributed by atoms with Gasteiger partial charge >= 0.3 is 6.18 Å². The average Bonchev–Trinajstić information content (AvgIpc) is 3.43. The van der Waals surface area contributed by atoms with Crippen LogP contribution in [0.15, 0.2) is 71.6 Å². The number of aromatic nitrogens is 3. The standard InChI is InChI=1S/C29H36F3N5S/c1-6-23(11-7-8-12-28(3,4)16-27-34-33-20-35(27)5)37-19-24-25(29(30,31)32)14-22(15-26(24)38-37)18-36-13-9-10-21(2)17-36/h6-8,10-11,14-15,20H,1,9,12-13,16-19H2,2-5H3/b8-7-,23-11+. The van der Waals surface area contributed by atoms with Gasteiger partial charge in [0.1, 0.15) is 12.2 Å². The third kappa shape index (κ3) is 6.99. The molecule has 0 saturated heterocycles. The van der Waals surface area contributed by atoms with Gasteiger partial charge in [-0.05, 0) is 67.0 Å². The van der Waals surface area contributed by atoms with Crippen molar-refractivity contribution in [2.75, 3.05) is 13.1 Å². The number of fused-ring (bicyclic) bond motifs is 1. The Hall–Kier alpha value is -2.78. The molecule has 0 saturated carbocycles. The molecule has 5 nitrogen and oxygen atoms in total. The number of benzene rings is 1. The molecule has 3 heterocycles. The van der Waals surface area contributed by atoms with Gasteiger partial charge in [0.05, 0.1) is 12.1 Å². The second-order valence-corrected chi connectivity index (χ2v) is 12.0. The summed E-state index contributed by atoms with van der Waals surface area (Å²) in [5, 5.41) is 8.13. The van der Waals surface area contributed by atoms with Crippen LogP contribution in [0.4, 0.5) is 13.2 Å². The molecule has 1 aromatic heterocycles. The van der Waals surface area contributed by atoms with Crippen molar-refractivity contribution in [3.05, 3.63) is 89.2 Å². The van der Waals surface area contributed by atoms with Crippen molar-refractivity contribution in [1.29, 1.82) is 0 Å². The minimum atomic E-state index is -4.40. The third-order valence-corrected chi connectivity index (χ3v) is 8.04. The summed E-state index contributed by atoms with van der Waals surface area (Å²) in [5.41, 5.74) is 2.53. The first-order valence-electron chi connectivity index (χ1n) is 12.8. The molecule has 38 heavy (non-hydrogen) atoms. The molecule has 0 amide bonds. The monoisotopic (exact) mass is 543 g/mol. The largest absolute Gasteiger partial charge is 0.416 e.